The molecular formula is C87H63Br5MgO2. The van der Waals surface area contributed by atoms with Gasteiger partial charge in [0.05, 0.1) is 5.41 Å². The van der Waals surface area contributed by atoms with Gasteiger partial charge in [0.2, 0.25) is 0 Å². The third-order valence-corrected chi connectivity index (χ3v) is 18.5. The van der Waals surface area contributed by atoms with Crippen LogP contribution in [0.5, 0.6) is 0 Å². The van der Waals surface area contributed by atoms with E-state index in [1.54, 1.807) is 0 Å². The van der Waals surface area contributed by atoms with E-state index in [9.17, 15) is 9.90 Å². The maximum atomic E-state index is 12.1. The molecule has 0 saturated heterocycles. The van der Waals surface area contributed by atoms with Crippen molar-refractivity contribution in [2.45, 2.75) is 11.0 Å². The summed E-state index contributed by atoms with van der Waals surface area (Å²) < 4.78 is 4.20. The van der Waals surface area contributed by atoms with Crippen molar-refractivity contribution in [1.82, 2.24) is 0 Å². The van der Waals surface area contributed by atoms with Gasteiger partial charge in [-0.15, -0.1) is 35.9 Å². The zero-order valence-corrected chi connectivity index (χ0v) is 61.1. The Morgan fingerprint density at radius 1 is 0.326 bits per heavy atom. The fourth-order valence-electron chi connectivity index (χ4n) is 11.8. The Balaban J connectivity index is 0.000000145. The number of hydrogen-bond acceptors (Lipinski definition) is 2. The number of carbonyl (C=O) groups excluding carboxylic acids is 1. The number of benzene rings is 14. The minimum atomic E-state index is -1.26. The van der Waals surface area contributed by atoms with E-state index < -0.39 is 5.60 Å². The second-order valence-electron chi connectivity index (χ2n) is 21.9. The van der Waals surface area contributed by atoms with E-state index in [1.807, 2.05) is 200 Å². The van der Waals surface area contributed by atoms with E-state index in [4.69, 9.17) is 0 Å². The summed E-state index contributed by atoms with van der Waals surface area (Å²) in [5, 5.41) is 12.1. The molecule has 14 aromatic carbocycles. The molecule has 2 nitrogen and oxygen atoms in total. The zero-order valence-electron chi connectivity index (χ0n) is 51.7. The van der Waals surface area contributed by atoms with Crippen LogP contribution in [0, 0.1) is 6.07 Å². The minimum absolute atomic E-state index is 0. The Morgan fingerprint density at radius 2 is 0.684 bits per heavy atom. The molecule has 14 aromatic rings. The molecule has 1 aliphatic rings. The van der Waals surface area contributed by atoms with Crippen molar-refractivity contribution in [3.8, 4) is 44.5 Å². The quantitative estimate of drug-likeness (QED) is 0.0641. The average Bonchev–Trinajstić information content (AvgIpc) is 1.57. The van der Waals surface area contributed by atoms with Crippen LogP contribution in [0.3, 0.4) is 0 Å². The first-order chi connectivity index (χ1) is 45.6. The molecule has 0 aliphatic heterocycles. The molecule has 0 aromatic heterocycles. The monoisotopic (exact) mass is 1560 g/mol. The molecule has 0 fully saturated rings. The van der Waals surface area contributed by atoms with Crippen molar-refractivity contribution in [2.75, 3.05) is 0 Å². The molecule has 8 heteroatoms. The van der Waals surface area contributed by atoms with Gasteiger partial charge in [-0.05, 0) is 121 Å². The molecule has 0 radical (unpaired) electrons. The van der Waals surface area contributed by atoms with Gasteiger partial charge in [-0.25, -0.2) is 0 Å². The Kier molecular flexibility index (Phi) is 26.3. The molecule has 95 heavy (non-hydrogen) atoms. The first-order valence-corrected chi connectivity index (χ1v) is 33.7. The number of halogens is 5. The molecule has 0 saturated carbocycles. The summed E-state index contributed by atoms with van der Waals surface area (Å²) in [6.07, 6.45) is 0. The molecular weight excluding hydrogens is 1500 g/mol. The molecule has 1 atom stereocenters. The third-order valence-electron chi connectivity index (χ3n) is 16.2. The Labute approximate surface area is 618 Å². The summed E-state index contributed by atoms with van der Waals surface area (Å²) in [6.45, 7) is 0. The van der Waals surface area contributed by atoms with Gasteiger partial charge in [0.25, 0.3) is 0 Å². The van der Waals surface area contributed by atoms with Crippen molar-refractivity contribution in [3.63, 3.8) is 0 Å². The molecule has 15 rings (SSSR count). The largest absolute Gasteiger partial charge is 2.00 e. The molecule has 0 heterocycles. The first-order valence-electron chi connectivity index (χ1n) is 30.5. The smallest absolute Gasteiger partial charge is 1.00 e. The van der Waals surface area contributed by atoms with E-state index >= 15 is 0 Å². The molecule has 460 valence electrons. The van der Waals surface area contributed by atoms with Gasteiger partial charge in [0.15, 0.2) is 5.78 Å². The van der Waals surface area contributed by atoms with E-state index in [1.165, 1.54) is 50.1 Å². The Hall–Kier alpha value is -8.12. The van der Waals surface area contributed by atoms with E-state index in [-0.39, 0.29) is 51.2 Å². The number of carbonyl (C=O) groups is 1. The predicted octanol–water partition coefficient (Wildman–Crippen LogP) is 20.8. The van der Waals surface area contributed by atoms with Gasteiger partial charge in [-0.1, -0.05) is 367 Å². The summed E-state index contributed by atoms with van der Waals surface area (Å²) in [7, 11) is 0. The normalized spacial score (nSPS) is 11.7. The van der Waals surface area contributed by atoms with Crippen LogP contribution in [0.2, 0.25) is 0 Å². The van der Waals surface area contributed by atoms with Crippen LogP contribution in [-0.2, 0) is 11.0 Å². The van der Waals surface area contributed by atoms with Crippen LogP contribution in [-0.4, -0.2) is 33.9 Å². The van der Waals surface area contributed by atoms with Crippen molar-refractivity contribution in [3.05, 3.63) is 450 Å². The predicted molar refractivity (Wildman–Crippen MR) is 406 cm³/mol. The molecule has 0 spiro atoms. The second kappa shape index (κ2) is 35.0. The summed E-state index contributed by atoms with van der Waals surface area (Å²) in [5.74, 6) is 0.0584. The first kappa shape index (κ1) is 71.2. The summed E-state index contributed by atoms with van der Waals surface area (Å²) in [6, 6.07) is 130. The average molecular weight is 1560 g/mol. The number of ketones is 1. The maximum absolute atomic E-state index is 12.1. The fraction of sp³-hybridized carbons (Fsp3) is 0.0230. The molecule has 1 N–H and O–H groups in total. The van der Waals surface area contributed by atoms with Crippen LogP contribution >= 0.6 is 63.7 Å². The van der Waals surface area contributed by atoms with E-state index in [2.05, 4.69) is 246 Å². The number of hydrogen-bond donors (Lipinski definition) is 1. The van der Waals surface area contributed by atoms with Crippen LogP contribution in [0.25, 0.3) is 44.5 Å². The number of fused-ring (bicyclic) bond motifs is 3. The molecule has 1 aliphatic carbocycles. The van der Waals surface area contributed by atoms with Crippen molar-refractivity contribution in [2.24, 2.45) is 0 Å². The summed E-state index contributed by atoms with van der Waals surface area (Å²) in [4.78, 5) is 11.9. The van der Waals surface area contributed by atoms with Crippen molar-refractivity contribution >= 4 is 92.6 Å². The Morgan fingerprint density at radius 3 is 1.19 bits per heavy atom. The van der Waals surface area contributed by atoms with Gasteiger partial charge >= 0.3 is 23.1 Å². The van der Waals surface area contributed by atoms with Crippen molar-refractivity contribution < 1.29 is 26.9 Å². The molecule has 0 bridgehead atoms. The second-order valence-corrected chi connectivity index (χ2v) is 25.5. The van der Waals surface area contributed by atoms with E-state index in [0.29, 0.717) is 5.56 Å². The van der Waals surface area contributed by atoms with Gasteiger partial charge in [-0.2, -0.15) is 0 Å². The molecule has 1 unspecified atom stereocenters. The zero-order chi connectivity index (χ0) is 64.2. The fourth-order valence-corrected chi connectivity index (χ4v) is 13.1. The Bertz CT molecular complexity index is 4560. The maximum Gasteiger partial charge on any atom is 2.00 e. The molecule has 0 amide bonds. The van der Waals surface area contributed by atoms with Crippen LogP contribution < -0.4 is 17.0 Å². The summed E-state index contributed by atoms with van der Waals surface area (Å²) >= 11 is 14.0. The topological polar surface area (TPSA) is 37.3 Å². The third kappa shape index (κ3) is 17.1. The number of aliphatic hydroxyl groups is 1. The SMILES string of the molecule is Brc1ccc(C2(c3ccccc3)c3ccccc3-c3ccccc32)cc1.Brc1ccccc1-c1ccccc1.O=C(c1ccccc1)c1ccc(Br)cc1.OC(c1ccccc1)(c1ccc(Br)cc1)c1ccccc1-c1ccccc1.[Br-].[Mg+2].[c-]1ccccc1-c1ccccc1. The van der Waals surface area contributed by atoms with E-state index in [0.717, 1.165) is 56.8 Å². The minimum Gasteiger partial charge on any atom is -1.00 e. The van der Waals surface area contributed by atoms with Crippen LogP contribution in [0.1, 0.15) is 54.9 Å². The summed E-state index contributed by atoms with van der Waals surface area (Å²) in [5.41, 5.74) is 17.4. The van der Waals surface area contributed by atoms with Gasteiger partial charge < -0.3 is 22.1 Å². The van der Waals surface area contributed by atoms with Gasteiger partial charge in [0, 0.05) is 34.6 Å². The van der Waals surface area contributed by atoms with Gasteiger partial charge in [0.1, 0.15) is 5.60 Å². The standard InChI is InChI=1S/C25H19BrO.C25H17Br.C13H9BrO.C12H9Br.C12H9.BrH.Mg/c26-22-17-15-21(16-18-22)25(27,20-11-5-2-6-12-20)24-14-8-7-13-23(24)19-9-3-1-4-10-19;26-20-16-14-19(15-17-20)25(18-8-2-1-3-9-18)23-12-6-4-10-21(23)22-11-5-7-13-24(22)25;14-12-8-6-11(7-9-12)13(15)10-4-2-1-3-5-10;13-12-9-5-4-8-11(12)10-6-2-1-3-7-10;1-3-7-11(8-4-1)12-9-5-2-6-10-12;;/h1-18,27H;1-17H;1-9H;1-9H;1-9H;1H;/q;;;;-1;;+2/p-1. The van der Waals surface area contributed by atoms with Gasteiger partial charge in [-0.3, -0.25) is 4.79 Å². The van der Waals surface area contributed by atoms with Crippen LogP contribution in [0.4, 0.5) is 0 Å². The number of rotatable bonds is 10. The van der Waals surface area contributed by atoms with Crippen molar-refractivity contribution in [1.29, 1.82) is 0 Å². The van der Waals surface area contributed by atoms with Crippen LogP contribution in [0.15, 0.2) is 394 Å².